The predicted octanol–water partition coefficient (Wildman–Crippen LogP) is 3.10. The van der Waals surface area contributed by atoms with Crippen molar-refractivity contribution in [2.45, 2.75) is 12.8 Å². The zero-order chi connectivity index (χ0) is 14.5. The van der Waals surface area contributed by atoms with Crippen LogP contribution >= 0.6 is 0 Å². The number of nitrogens with two attached hydrogens (primary N) is 1. The Balaban J connectivity index is 2.53. The van der Waals surface area contributed by atoms with Gasteiger partial charge in [-0.2, -0.15) is 0 Å². The fourth-order valence-corrected chi connectivity index (χ4v) is 2.47. The molecule has 0 bridgehead atoms. The molecule has 0 spiro atoms. The summed E-state index contributed by atoms with van der Waals surface area (Å²) in [6.45, 7) is 2.53. The third-order valence-corrected chi connectivity index (χ3v) is 3.56. The van der Waals surface area contributed by atoms with Crippen LogP contribution < -0.4 is 15.2 Å². The van der Waals surface area contributed by atoms with Gasteiger partial charge in [0.2, 0.25) is 0 Å². The van der Waals surface area contributed by atoms with Crippen molar-refractivity contribution in [2.24, 2.45) is 5.73 Å². The van der Waals surface area contributed by atoms with E-state index >= 15 is 0 Å². The van der Waals surface area contributed by atoms with Crippen LogP contribution in [0.3, 0.4) is 0 Å². The molecule has 1 unspecified atom stereocenters. The molecule has 3 heteroatoms. The monoisotopic (exact) mass is 271 g/mol. The molecule has 0 aliphatic rings. The fraction of sp³-hybridized carbons (Fsp3) is 0.294. The largest absolute Gasteiger partial charge is 0.496 e. The summed E-state index contributed by atoms with van der Waals surface area (Å²) >= 11 is 0. The van der Waals surface area contributed by atoms with E-state index in [2.05, 4.69) is 12.1 Å². The van der Waals surface area contributed by atoms with Crippen molar-refractivity contribution in [2.75, 3.05) is 20.8 Å². The Kier molecular flexibility index (Phi) is 4.64. The Morgan fingerprint density at radius 3 is 2.20 bits per heavy atom. The minimum absolute atomic E-state index is 0.0978. The number of benzene rings is 2. The molecule has 3 nitrogen and oxygen atoms in total. The lowest BCUT2D eigenvalue weighted by Gasteiger charge is -2.20. The first-order valence-corrected chi connectivity index (χ1v) is 6.68. The highest BCUT2D eigenvalue weighted by Gasteiger charge is 2.19. The van der Waals surface area contributed by atoms with Crippen LogP contribution in [-0.2, 0) is 0 Å². The van der Waals surface area contributed by atoms with E-state index in [-0.39, 0.29) is 5.92 Å². The maximum atomic E-state index is 5.99. The van der Waals surface area contributed by atoms with Crippen molar-refractivity contribution in [1.29, 1.82) is 0 Å². The van der Waals surface area contributed by atoms with E-state index in [0.717, 1.165) is 22.6 Å². The van der Waals surface area contributed by atoms with Crippen LogP contribution in [0.25, 0.3) is 0 Å². The molecule has 106 valence electrons. The molecule has 2 N–H and O–H groups in total. The van der Waals surface area contributed by atoms with Gasteiger partial charge in [0.1, 0.15) is 11.5 Å². The smallest absolute Gasteiger partial charge is 0.123 e. The van der Waals surface area contributed by atoms with Crippen molar-refractivity contribution in [1.82, 2.24) is 0 Å². The van der Waals surface area contributed by atoms with E-state index in [4.69, 9.17) is 15.2 Å². The van der Waals surface area contributed by atoms with Crippen LogP contribution in [0, 0.1) is 6.92 Å². The second-order valence-corrected chi connectivity index (χ2v) is 4.76. The molecular formula is C17H21NO2. The summed E-state index contributed by atoms with van der Waals surface area (Å²) in [4.78, 5) is 0. The molecule has 0 aliphatic carbocycles. The summed E-state index contributed by atoms with van der Waals surface area (Å²) in [5, 5.41) is 0. The molecule has 0 fully saturated rings. The van der Waals surface area contributed by atoms with E-state index in [1.807, 2.05) is 37.3 Å². The Bertz CT molecular complexity index is 567. The van der Waals surface area contributed by atoms with Crippen LogP contribution in [0.4, 0.5) is 0 Å². The lowest BCUT2D eigenvalue weighted by molar-refractivity contribution is 0.394. The van der Waals surface area contributed by atoms with Gasteiger partial charge in [-0.25, -0.2) is 0 Å². The molecule has 0 radical (unpaired) electrons. The van der Waals surface area contributed by atoms with Gasteiger partial charge in [-0.05, 0) is 30.2 Å². The van der Waals surface area contributed by atoms with Crippen LogP contribution in [0.5, 0.6) is 11.5 Å². The molecular weight excluding hydrogens is 250 g/mol. The van der Waals surface area contributed by atoms with E-state index in [0.29, 0.717) is 6.54 Å². The maximum Gasteiger partial charge on any atom is 0.123 e. The number of aryl methyl sites for hydroxylation is 1. The summed E-state index contributed by atoms with van der Waals surface area (Å²) in [5.41, 5.74) is 9.29. The number of hydrogen-bond acceptors (Lipinski definition) is 3. The first-order chi connectivity index (χ1) is 9.71. The molecule has 0 saturated carbocycles. The molecule has 0 amide bonds. The van der Waals surface area contributed by atoms with Crippen LogP contribution in [0.2, 0.25) is 0 Å². The van der Waals surface area contributed by atoms with E-state index in [1.54, 1.807) is 14.2 Å². The molecule has 1 atom stereocenters. The van der Waals surface area contributed by atoms with Crippen molar-refractivity contribution >= 4 is 0 Å². The van der Waals surface area contributed by atoms with Crippen molar-refractivity contribution in [3.63, 3.8) is 0 Å². The third-order valence-electron chi connectivity index (χ3n) is 3.56. The Hall–Kier alpha value is -2.00. The summed E-state index contributed by atoms with van der Waals surface area (Å²) in [5.74, 6) is 1.80. The Morgan fingerprint density at radius 2 is 1.65 bits per heavy atom. The zero-order valence-electron chi connectivity index (χ0n) is 12.2. The van der Waals surface area contributed by atoms with Gasteiger partial charge in [-0.3, -0.25) is 0 Å². The van der Waals surface area contributed by atoms with Gasteiger partial charge < -0.3 is 15.2 Å². The van der Waals surface area contributed by atoms with Gasteiger partial charge in [0, 0.05) is 18.0 Å². The van der Waals surface area contributed by atoms with Crippen molar-refractivity contribution in [3.05, 3.63) is 59.2 Å². The number of methoxy groups -OCH3 is 2. The summed E-state index contributed by atoms with van der Waals surface area (Å²) in [6, 6.07) is 14.3. The standard InChI is InChI=1S/C17H21NO2/c1-12-9-17(20-3)14(10-16(12)19-2)15(11-18)13-7-5-4-6-8-13/h4-10,15H,11,18H2,1-3H3. The quantitative estimate of drug-likeness (QED) is 0.908. The molecule has 0 aromatic heterocycles. The highest BCUT2D eigenvalue weighted by molar-refractivity contribution is 5.50. The topological polar surface area (TPSA) is 44.5 Å². The molecule has 20 heavy (non-hydrogen) atoms. The van der Waals surface area contributed by atoms with Gasteiger partial charge in [-0.1, -0.05) is 30.3 Å². The summed E-state index contributed by atoms with van der Waals surface area (Å²) < 4.78 is 10.9. The maximum absolute atomic E-state index is 5.99. The van der Waals surface area contributed by atoms with E-state index < -0.39 is 0 Å². The van der Waals surface area contributed by atoms with Gasteiger partial charge in [0.15, 0.2) is 0 Å². The fourth-order valence-electron chi connectivity index (χ4n) is 2.47. The normalized spacial score (nSPS) is 12.0. The van der Waals surface area contributed by atoms with Crippen molar-refractivity contribution < 1.29 is 9.47 Å². The zero-order valence-corrected chi connectivity index (χ0v) is 12.2. The first-order valence-electron chi connectivity index (χ1n) is 6.68. The van der Waals surface area contributed by atoms with Crippen molar-refractivity contribution in [3.8, 4) is 11.5 Å². The van der Waals surface area contributed by atoms with Gasteiger partial charge in [0.05, 0.1) is 14.2 Å². The lowest BCUT2D eigenvalue weighted by atomic mass is 9.90. The average molecular weight is 271 g/mol. The molecule has 2 aromatic carbocycles. The van der Waals surface area contributed by atoms with E-state index in [1.165, 1.54) is 5.56 Å². The lowest BCUT2D eigenvalue weighted by Crippen LogP contribution is -2.15. The SMILES string of the molecule is COc1cc(C(CN)c2ccccc2)c(OC)cc1C. The van der Waals surface area contributed by atoms with Gasteiger partial charge in [0.25, 0.3) is 0 Å². The van der Waals surface area contributed by atoms with Crippen LogP contribution in [0.1, 0.15) is 22.6 Å². The molecule has 0 aliphatic heterocycles. The molecule has 2 rings (SSSR count). The molecule has 2 aromatic rings. The third kappa shape index (κ3) is 2.78. The first kappa shape index (κ1) is 14.4. The highest BCUT2D eigenvalue weighted by atomic mass is 16.5. The second-order valence-electron chi connectivity index (χ2n) is 4.76. The Morgan fingerprint density at radius 1 is 1.00 bits per heavy atom. The minimum atomic E-state index is 0.0978. The summed E-state index contributed by atoms with van der Waals surface area (Å²) in [6.07, 6.45) is 0. The molecule has 0 heterocycles. The second kappa shape index (κ2) is 6.44. The number of ether oxygens (including phenoxy) is 2. The minimum Gasteiger partial charge on any atom is -0.496 e. The molecule has 0 saturated heterocycles. The van der Waals surface area contributed by atoms with Crippen LogP contribution in [0.15, 0.2) is 42.5 Å². The Labute approximate surface area is 120 Å². The highest BCUT2D eigenvalue weighted by Crippen LogP contribution is 2.36. The predicted molar refractivity (Wildman–Crippen MR) is 81.6 cm³/mol. The van der Waals surface area contributed by atoms with Gasteiger partial charge >= 0.3 is 0 Å². The number of hydrogen-bond donors (Lipinski definition) is 1. The summed E-state index contributed by atoms with van der Waals surface area (Å²) in [7, 11) is 3.36. The average Bonchev–Trinajstić information content (AvgIpc) is 2.50. The number of rotatable bonds is 5. The van der Waals surface area contributed by atoms with Gasteiger partial charge in [-0.15, -0.1) is 0 Å². The van der Waals surface area contributed by atoms with E-state index in [9.17, 15) is 0 Å². The van der Waals surface area contributed by atoms with Crippen LogP contribution in [-0.4, -0.2) is 20.8 Å².